The van der Waals surface area contributed by atoms with Crippen LogP contribution in [0.2, 0.25) is 0 Å². The predicted octanol–water partition coefficient (Wildman–Crippen LogP) is 1.29. The van der Waals surface area contributed by atoms with Gasteiger partial charge in [-0.25, -0.2) is 16.7 Å². The Balaban J connectivity index is 1.48. The number of carbonyl (C=O) groups excluding carboxylic acids is 1. The van der Waals surface area contributed by atoms with E-state index in [9.17, 15) is 4.79 Å². The highest BCUT2D eigenvalue weighted by Crippen LogP contribution is 2.29. The lowest BCUT2D eigenvalue weighted by Gasteiger charge is -2.18. The van der Waals surface area contributed by atoms with E-state index in [0.29, 0.717) is 13.2 Å². The summed E-state index contributed by atoms with van der Waals surface area (Å²) < 4.78 is 11.3. The highest BCUT2D eigenvalue weighted by molar-refractivity contribution is 5.81. The van der Waals surface area contributed by atoms with Crippen molar-refractivity contribution < 1.29 is 14.3 Å². The summed E-state index contributed by atoms with van der Waals surface area (Å²) in [5.41, 5.74) is 9.40. The van der Waals surface area contributed by atoms with Crippen molar-refractivity contribution in [1.29, 1.82) is 0 Å². The minimum Gasteiger partial charge on any atom is -0.490 e. The van der Waals surface area contributed by atoms with Gasteiger partial charge in [0.2, 0.25) is 0 Å². The zero-order valence-corrected chi connectivity index (χ0v) is 14.6. The van der Waals surface area contributed by atoms with Gasteiger partial charge in [0.05, 0.1) is 6.04 Å². The fourth-order valence-electron chi connectivity index (χ4n) is 3.02. The SMILES string of the molecule is CC1C(C(=O)NN)NNC1c1ccc(OCCOc2ccccc2)cc1. The fourth-order valence-corrected chi connectivity index (χ4v) is 3.02. The van der Waals surface area contributed by atoms with Crippen molar-refractivity contribution in [2.24, 2.45) is 11.8 Å². The summed E-state index contributed by atoms with van der Waals surface area (Å²) in [6, 6.07) is 17.1. The van der Waals surface area contributed by atoms with Gasteiger partial charge in [0.15, 0.2) is 0 Å². The average Bonchev–Trinajstić information content (AvgIpc) is 3.07. The van der Waals surface area contributed by atoms with Gasteiger partial charge in [-0.2, -0.15) is 0 Å². The third-order valence-corrected chi connectivity index (χ3v) is 4.47. The lowest BCUT2D eigenvalue weighted by molar-refractivity contribution is -0.123. The molecule has 2 aromatic rings. The van der Waals surface area contributed by atoms with Gasteiger partial charge in [-0.1, -0.05) is 37.3 Å². The number of hydrogen-bond donors (Lipinski definition) is 4. The lowest BCUT2D eigenvalue weighted by Crippen LogP contribution is -2.47. The van der Waals surface area contributed by atoms with Gasteiger partial charge >= 0.3 is 0 Å². The van der Waals surface area contributed by atoms with Gasteiger partial charge in [0.1, 0.15) is 30.8 Å². The second-order valence-electron chi connectivity index (χ2n) is 6.19. The van der Waals surface area contributed by atoms with Gasteiger partial charge in [-0.3, -0.25) is 10.2 Å². The summed E-state index contributed by atoms with van der Waals surface area (Å²) in [5, 5.41) is 0. The van der Waals surface area contributed by atoms with Crippen LogP contribution >= 0.6 is 0 Å². The van der Waals surface area contributed by atoms with E-state index < -0.39 is 0 Å². The molecule has 1 heterocycles. The molecule has 1 aliphatic rings. The Morgan fingerprint density at radius 2 is 1.62 bits per heavy atom. The molecule has 5 N–H and O–H groups in total. The molecule has 7 nitrogen and oxygen atoms in total. The van der Waals surface area contributed by atoms with Crippen molar-refractivity contribution in [2.75, 3.05) is 13.2 Å². The molecular weight excluding hydrogens is 332 g/mol. The molecule has 3 atom stereocenters. The van der Waals surface area contributed by atoms with Crippen molar-refractivity contribution in [3.63, 3.8) is 0 Å². The standard InChI is InChI=1S/C19H24N4O3/c1-13-17(22-23-18(13)19(24)21-20)14-7-9-16(10-8-14)26-12-11-25-15-5-3-2-4-6-15/h2-10,13,17-18,22-23H,11-12,20H2,1H3,(H,21,24). The Labute approximate surface area is 152 Å². The maximum atomic E-state index is 11.7. The van der Waals surface area contributed by atoms with Crippen LogP contribution in [0.3, 0.4) is 0 Å². The van der Waals surface area contributed by atoms with Crippen molar-refractivity contribution in [2.45, 2.75) is 19.0 Å². The van der Waals surface area contributed by atoms with E-state index in [1.165, 1.54) is 0 Å². The highest BCUT2D eigenvalue weighted by atomic mass is 16.5. The first-order valence-corrected chi connectivity index (χ1v) is 8.61. The molecule has 3 rings (SSSR count). The summed E-state index contributed by atoms with van der Waals surface area (Å²) in [6.07, 6.45) is 0. The Morgan fingerprint density at radius 1 is 1.00 bits per heavy atom. The zero-order valence-electron chi connectivity index (χ0n) is 14.6. The van der Waals surface area contributed by atoms with Crippen molar-refractivity contribution >= 4 is 5.91 Å². The molecule has 1 saturated heterocycles. The van der Waals surface area contributed by atoms with Crippen LogP contribution in [-0.4, -0.2) is 25.2 Å². The Hall–Kier alpha value is -2.61. The van der Waals surface area contributed by atoms with Crippen LogP contribution in [0.1, 0.15) is 18.5 Å². The highest BCUT2D eigenvalue weighted by Gasteiger charge is 2.37. The van der Waals surface area contributed by atoms with E-state index in [1.54, 1.807) is 0 Å². The molecule has 1 amide bonds. The third-order valence-electron chi connectivity index (χ3n) is 4.47. The van der Waals surface area contributed by atoms with Crippen LogP contribution in [0, 0.1) is 5.92 Å². The number of hydrogen-bond acceptors (Lipinski definition) is 6. The number of para-hydroxylation sites is 1. The number of ether oxygens (including phenoxy) is 2. The van der Waals surface area contributed by atoms with Crippen molar-refractivity contribution in [1.82, 2.24) is 16.3 Å². The fraction of sp³-hybridized carbons (Fsp3) is 0.316. The van der Waals surface area contributed by atoms with Crippen LogP contribution in [0.5, 0.6) is 11.5 Å². The number of nitrogens with two attached hydrogens (primary N) is 1. The van der Waals surface area contributed by atoms with E-state index in [-0.39, 0.29) is 23.9 Å². The quantitative estimate of drug-likeness (QED) is 0.258. The number of amides is 1. The molecule has 138 valence electrons. The molecule has 0 spiro atoms. The first kappa shape index (κ1) is 18.2. The first-order valence-electron chi connectivity index (χ1n) is 8.61. The molecule has 7 heteroatoms. The summed E-state index contributed by atoms with van der Waals surface area (Å²) in [5.74, 6) is 6.66. The number of carbonyl (C=O) groups is 1. The minimum absolute atomic E-state index is 0.0211. The molecule has 0 aromatic heterocycles. The van der Waals surface area contributed by atoms with Gasteiger partial charge in [0.25, 0.3) is 5.91 Å². The maximum absolute atomic E-state index is 11.7. The molecule has 1 fully saturated rings. The van der Waals surface area contributed by atoms with Crippen LogP contribution < -0.4 is 31.6 Å². The smallest absolute Gasteiger partial charge is 0.252 e. The predicted molar refractivity (Wildman–Crippen MR) is 98.2 cm³/mol. The number of nitrogens with one attached hydrogen (secondary N) is 3. The lowest BCUT2D eigenvalue weighted by atomic mass is 9.91. The van der Waals surface area contributed by atoms with E-state index in [0.717, 1.165) is 17.1 Å². The third kappa shape index (κ3) is 4.32. The van der Waals surface area contributed by atoms with Gasteiger partial charge < -0.3 is 9.47 Å². The molecule has 1 aliphatic heterocycles. The molecule has 0 radical (unpaired) electrons. The Morgan fingerprint density at radius 3 is 2.23 bits per heavy atom. The zero-order chi connectivity index (χ0) is 18.4. The summed E-state index contributed by atoms with van der Waals surface area (Å²) in [4.78, 5) is 11.7. The van der Waals surface area contributed by atoms with Crippen LogP contribution in [0.15, 0.2) is 54.6 Å². The van der Waals surface area contributed by atoms with E-state index in [4.69, 9.17) is 15.3 Å². The van der Waals surface area contributed by atoms with Gasteiger partial charge in [-0.05, 0) is 29.8 Å². The van der Waals surface area contributed by atoms with E-state index >= 15 is 0 Å². The van der Waals surface area contributed by atoms with Crippen LogP contribution in [0.4, 0.5) is 0 Å². The number of hydrazine groups is 2. The molecule has 0 saturated carbocycles. The summed E-state index contributed by atoms with van der Waals surface area (Å²) in [7, 11) is 0. The van der Waals surface area contributed by atoms with Gasteiger partial charge in [0, 0.05) is 5.92 Å². The molecule has 3 unspecified atom stereocenters. The molecule has 2 aromatic carbocycles. The largest absolute Gasteiger partial charge is 0.490 e. The molecular formula is C19H24N4O3. The number of benzene rings is 2. The normalized spacial score (nSPS) is 22.0. The summed E-state index contributed by atoms with van der Waals surface area (Å²) in [6.45, 7) is 2.95. The van der Waals surface area contributed by atoms with Crippen molar-refractivity contribution in [3.05, 3.63) is 60.2 Å². The minimum atomic E-state index is -0.365. The van der Waals surface area contributed by atoms with E-state index in [1.807, 2.05) is 61.5 Å². The summed E-state index contributed by atoms with van der Waals surface area (Å²) >= 11 is 0. The Kier molecular flexibility index (Phi) is 6.06. The monoisotopic (exact) mass is 356 g/mol. The van der Waals surface area contributed by atoms with Crippen LogP contribution in [0.25, 0.3) is 0 Å². The topological polar surface area (TPSA) is 97.6 Å². The maximum Gasteiger partial charge on any atom is 0.252 e. The average molecular weight is 356 g/mol. The molecule has 26 heavy (non-hydrogen) atoms. The molecule has 0 bridgehead atoms. The van der Waals surface area contributed by atoms with Crippen LogP contribution in [-0.2, 0) is 4.79 Å². The van der Waals surface area contributed by atoms with Gasteiger partial charge in [-0.15, -0.1) is 0 Å². The second kappa shape index (κ2) is 8.66. The van der Waals surface area contributed by atoms with E-state index in [2.05, 4.69) is 16.3 Å². The number of rotatable bonds is 7. The Bertz CT molecular complexity index is 708. The molecule has 0 aliphatic carbocycles. The first-order chi connectivity index (χ1) is 12.7. The second-order valence-corrected chi connectivity index (χ2v) is 6.19. The van der Waals surface area contributed by atoms with Crippen molar-refractivity contribution in [3.8, 4) is 11.5 Å².